The standard InChI is InChI=1S/C25H32N4O3/c1-18(2)16-22(30)27-23(20-9-5-4-6-10-20)24(31)28-12-14-29(15-13-28)25(32)26-21-11-7-8-19(3)17-21/h4-11,17-18,23H,12-16H2,1-3H3,(H,26,32)(H,27,30). The van der Waals surface area contributed by atoms with Crippen LogP contribution in [0, 0.1) is 12.8 Å². The number of hydrogen-bond acceptors (Lipinski definition) is 3. The fraction of sp³-hybridized carbons (Fsp3) is 0.400. The Balaban J connectivity index is 1.62. The van der Waals surface area contributed by atoms with E-state index in [4.69, 9.17) is 0 Å². The molecule has 1 aliphatic rings. The van der Waals surface area contributed by atoms with Crippen LogP contribution in [-0.2, 0) is 9.59 Å². The first-order valence-electron chi connectivity index (χ1n) is 11.1. The SMILES string of the molecule is Cc1cccc(NC(=O)N2CCN(C(=O)C(NC(=O)CC(C)C)c3ccccc3)CC2)c1. The molecule has 1 heterocycles. The third-order valence-electron chi connectivity index (χ3n) is 5.43. The summed E-state index contributed by atoms with van der Waals surface area (Å²) in [7, 11) is 0. The summed E-state index contributed by atoms with van der Waals surface area (Å²) >= 11 is 0. The van der Waals surface area contributed by atoms with Crippen molar-refractivity contribution in [2.45, 2.75) is 33.2 Å². The molecule has 170 valence electrons. The van der Waals surface area contributed by atoms with Gasteiger partial charge in [0.25, 0.3) is 0 Å². The number of aryl methyl sites for hydroxylation is 1. The predicted molar refractivity (Wildman–Crippen MR) is 125 cm³/mol. The summed E-state index contributed by atoms with van der Waals surface area (Å²) in [5.41, 5.74) is 2.59. The van der Waals surface area contributed by atoms with Crippen LogP contribution in [0.4, 0.5) is 10.5 Å². The second-order valence-corrected chi connectivity index (χ2v) is 8.62. The van der Waals surface area contributed by atoms with Crippen molar-refractivity contribution in [2.75, 3.05) is 31.5 Å². The number of rotatable bonds is 6. The number of hydrogen-bond donors (Lipinski definition) is 2. The van der Waals surface area contributed by atoms with E-state index in [1.807, 2.05) is 75.4 Å². The molecular formula is C25H32N4O3. The lowest BCUT2D eigenvalue weighted by Gasteiger charge is -2.36. The first kappa shape index (κ1) is 23.3. The Hall–Kier alpha value is -3.35. The van der Waals surface area contributed by atoms with E-state index in [1.54, 1.807) is 9.80 Å². The molecule has 1 atom stereocenters. The third kappa shape index (κ3) is 6.33. The van der Waals surface area contributed by atoms with Gasteiger partial charge in [-0.15, -0.1) is 0 Å². The number of piperazine rings is 1. The molecule has 0 saturated carbocycles. The maximum Gasteiger partial charge on any atom is 0.321 e. The van der Waals surface area contributed by atoms with Crippen molar-refractivity contribution in [3.8, 4) is 0 Å². The normalized spacial score (nSPS) is 14.8. The molecule has 1 unspecified atom stereocenters. The average molecular weight is 437 g/mol. The van der Waals surface area contributed by atoms with Crippen molar-refractivity contribution in [1.82, 2.24) is 15.1 Å². The minimum absolute atomic E-state index is 0.140. The number of benzene rings is 2. The largest absolute Gasteiger partial charge is 0.341 e. The van der Waals surface area contributed by atoms with Gasteiger partial charge in [-0.25, -0.2) is 4.79 Å². The van der Waals surface area contributed by atoms with E-state index in [0.29, 0.717) is 32.6 Å². The molecular weight excluding hydrogens is 404 g/mol. The molecule has 0 radical (unpaired) electrons. The van der Waals surface area contributed by atoms with E-state index in [-0.39, 0.29) is 23.8 Å². The quantitative estimate of drug-likeness (QED) is 0.726. The second-order valence-electron chi connectivity index (χ2n) is 8.62. The monoisotopic (exact) mass is 436 g/mol. The predicted octanol–water partition coefficient (Wildman–Crippen LogP) is 3.57. The van der Waals surface area contributed by atoms with Gasteiger partial charge in [-0.3, -0.25) is 9.59 Å². The summed E-state index contributed by atoms with van der Waals surface area (Å²) in [4.78, 5) is 41.8. The van der Waals surface area contributed by atoms with Gasteiger partial charge in [-0.1, -0.05) is 56.3 Å². The molecule has 2 aromatic carbocycles. The van der Waals surface area contributed by atoms with Crippen molar-refractivity contribution in [1.29, 1.82) is 0 Å². The Kier molecular flexibility index (Phi) is 7.87. The Bertz CT molecular complexity index is 937. The maximum absolute atomic E-state index is 13.3. The van der Waals surface area contributed by atoms with E-state index >= 15 is 0 Å². The molecule has 1 saturated heterocycles. The molecule has 1 fully saturated rings. The highest BCUT2D eigenvalue weighted by molar-refractivity contribution is 5.91. The van der Waals surface area contributed by atoms with Gasteiger partial charge in [0.1, 0.15) is 6.04 Å². The Morgan fingerprint density at radius 3 is 2.19 bits per heavy atom. The van der Waals surface area contributed by atoms with E-state index < -0.39 is 6.04 Å². The Morgan fingerprint density at radius 1 is 0.906 bits per heavy atom. The topological polar surface area (TPSA) is 81.8 Å². The highest BCUT2D eigenvalue weighted by Crippen LogP contribution is 2.19. The van der Waals surface area contributed by atoms with E-state index in [0.717, 1.165) is 16.8 Å². The van der Waals surface area contributed by atoms with Crippen molar-refractivity contribution in [2.24, 2.45) is 5.92 Å². The lowest BCUT2D eigenvalue weighted by Crippen LogP contribution is -2.54. The molecule has 0 aromatic heterocycles. The molecule has 2 aromatic rings. The fourth-order valence-electron chi connectivity index (χ4n) is 3.76. The van der Waals surface area contributed by atoms with E-state index in [1.165, 1.54) is 0 Å². The highest BCUT2D eigenvalue weighted by Gasteiger charge is 2.31. The van der Waals surface area contributed by atoms with Gasteiger partial charge in [0, 0.05) is 38.3 Å². The number of amides is 4. The van der Waals surface area contributed by atoms with Gasteiger partial charge in [0.05, 0.1) is 0 Å². The molecule has 0 aliphatic carbocycles. The number of anilines is 1. The lowest BCUT2D eigenvalue weighted by atomic mass is 10.0. The summed E-state index contributed by atoms with van der Waals surface area (Å²) in [5.74, 6) is -0.0811. The van der Waals surface area contributed by atoms with Crippen LogP contribution in [0.2, 0.25) is 0 Å². The van der Waals surface area contributed by atoms with Crippen LogP contribution in [0.25, 0.3) is 0 Å². The molecule has 3 rings (SSSR count). The van der Waals surface area contributed by atoms with Gasteiger partial charge < -0.3 is 20.4 Å². The summed E-state index contributed by atoms with van der Waals surface area (Å²) in [5, 5.41) is 5.83. The Morgan fingerprint density at radius 2 is 1.56 bits per heavy atom. The molecule has 0 spiro atoms. The Labute approximate surface area is 189 Å². The number of urea groups is 1. The summed E-state index contributed by atoms with van der Waals surface area (Å²) in [6.45, 7) is 7.63. The first-order valence-corrected chi connectivity index (χ1v) is 11.1. The minimum Gasteiger partial charge on any atom is -0.341 e. The van der Waals surface area contributed by atoms with Crippen molar-refractivity contribution < 1.29 is 14.4 Å². The minimum atomic E-state index is -0.727. The van der Waals surface area contributed by atoms with Crippen LogP contribution in [0.5, 0.6) is 0 Å². The zero-order valence-corrected chi connectivity index (χ0v) is 19.0. The molecule has 2 N–H and O–H groups in total. The van der Waals surface area contributed by atoms with Gasteiger partial charge in [0.2, 0.25) is 11.8 Å². The maximum atomic E-state index is 13.3. The lowest BCUT2D eigenvalue weighted by molar-refractivity contribution is -0.138. The van der Waals surface area contributed by atoms with Crippen molar-refractivity contribution in [3.05, 3.63) is 65.7 Å². The van der Waals surface area contributed by atoms with E-state index in [2.05, 4.69) is 10.6 Å². The molecule has 0 bridgehead atoms. The fourth-order valence-corrected chi connectivity index (χ4v) is 3.76. The number of carbonyl (C=O) groups is 3. The van der Waals surface area contributed by atoms with E-state index in [9.17, 15) is 14.4 Å². The molecule has 1 aliphatic heterocycles. The van der Waals surface area contributed by atoms with Gasteiger partial charge in [0.15, 0.2) is 0 Å². The number of carbonyl (C=O) groups excluding carboxylic acids is 3. The summed E-state index contributed by atoms with van der Waals surface area (Å²) in [6.07, 6.45) is 0.365. The van der Waals surface area contributed by atoms with Gasteiger partial charge in [-0.05, 0) is 36.1 Å². The zero-order chi connectivity index (χ0) is 23.1. The van der Waals surface area contributed by atoms with Crippen LogP contribution in [0.1, 0.15) is 37.4 Å². The summed E-state index contributed by atoms with van der Waals surface area (Å²) in [6, 6.07) is 16.1. The number of nitrogens with one attached hydrogen (secondary N) is 2. The van der Waals surface area contributed by atoms with Crippen LogP contribution < -0.4 is 10.6 Å². The third-order valence-corrected chi connectivity index (χ3v) is 5.43. The molecule has 4 amide bonds. The highest BCUT2D eigenvalue weighted by atomic mass is 16.2. The zero-order valence-electron chi connectivity index (χ0n) is 19.0. The van der Waals surface area contributed by atoms with Crippen LogP contribution in [-0.4, -0.2) is 53.8 Å². The smallest absolute Gasteiger partial charge is 0.321 e. The average Bonchev–Trinajstić information content (AvgIpc) is 2.77. The van der Waals surface area contributed by atoms with Crippen LogP contribution in [0.3, 0.4) is 0 Å². The molecule has 32 heavy (non-hydrogen) atoms. The molecule has 7 heteroatoms. The van der Waals surface area contributed by atoms with Crippen LogP contribution >= 0.6 is 0 Å². The first-order chi connectivity index (χ1) is 15.3. The van der Waals surface area contributed by atoms with Crippen molar-refractivity contribution >= 4 is 23.5 Å². The van der Waals surface area contributed by atoms with Crippen LogP contribution in [0.15, 0.2) is 54.6 Å². The van der Waals surface area contributed by atoms with Gasteiger partial charge in [-0.2, -0.15) is 0 Å². The van der Waals surface area contributed by atoms with Crippen molar-refractivity contribution in [3.63, 3.8) is 0 Å². The second kappa shape index (κ2) is 10.8. The number of nitrogens with zero attached hydrogens (tertiary/aromatic N) is 2. The van der Waals surface area contributed by atoms with Gasteiger partial charge >= 0.3 is 6.03 Å². The molecule has 7 nitrogen and oxygen atoms in total. The summed E-state index contributed by atoms with van der Waals surface area (Å²) < 4.78 is 0.